The average Bonchev–Trinajstić information content (AvgIpc) is 2.56. The maximum absolute atomic E-state index is 10.7. The van der Waals surface area contributed by atoms with E-state index < -0.39 is 4.92 Å². The van der Waals surface area contributed by atoms with Gasteiger partial charge in [-0.2, -0.15) is 5.26 Å². The predicted octanol–water partition coefficient (Wildman–Crippen LogP) is 1.92. The Morgan fingerprint density at radius 1 is 1.60 bits per heavy atom. The topological polar surface area (TPSA) is 93.0 Å². The molecule has 0 aliphatic heterocycles. The third kappa shape index (κ3) is 1.30. The van der Waals surface area contributed by atoms with E-state index in [9.17, 15) is 10.1 Å². The number of non-ortho nitro benzene ring substituents is 1. The van der Waals surface area contributed by atoms with Gasteiger partial charge in [-0.05, 0) is 6.07 Å². The molecule has 0 bridgehead atoms. The number of hydrogen-bond acceptors (Lipinski definition) is 5. The van der Waals surface area contributed by atoms with Gasteiger partial charge in [-0.25, -0.2) is 4.98 Å². The lowest BCUT2D eigenvalue weighted by atomic mass is 10.2. The van der Waals surface area contributed by atoms with E-state index in [4.69, 9.17) is 9.68 Å². The van der Waals surface area contributed by atoms with Gasteiger partial charge in [-0.3, -0.25) is 10.1 Å². The zero-order valence-corrected chi connectivity index (χ0v) is 7.72. The van der Waals surface area contributed by atoms with E-state index in [2.05, 4.69) is 4.98 Å². The van der Waals surface area contributed by atoms with Crippen molar-refractivity contribution >= 4 is 16.8 Å². The van der Waals surface area contributed by atoms with E-state index >= 15 is 0 Å². The molecule has 74 valence electrons. The largest absolute Gasteiger partial charge is 0.439 e. The highest BCUT2D eigenvalue weighted by molar-refractivity contribution is 5.87. The number of nitro groups is 1. The van der Waals surface area contributed by atoms with E-state index in [0.717, 1.165) is 0 Å². The van der Waals surface area contributed by atoms with Crippen molar-refractivity contribution in [2.24, 2.45) is 0 Å². The molecular weight excluding hydrogens is 198 g/mol. The molecule has 0 N–H and O–H groups in total. The van der Waals surface area contributed by atoms with Crippen molar-refractivity contribution in [1.82, 2.24) is 4.98 Å². The summed E-state index contributed by atoms with van der Waals surface area (Å²) in [6.45, 7) is 1.57. The van der Waals surface area contributed by atoms with Crippen LogP contribution in [0.25, 0.3) is 11.1 Å². The fraction of sp³-hybridized carbons (Fsp3) is 0.111. The van der Waals surface area contributed by atoms with Gasteiger partial charge >= 0.3 is 0 Å². The van der Waals surface area contributed by atoms with Crippen LogP contribution in [0.3, 0.4) is 0 Å². The van der Waals surface area contributed by atoms with E-state index in [1.54, 1.807) is 6.92 Å². The van der Waals surface area contributed by atoms with E-state index in [0.29, 0.717) is 5.89 Å². The summed E-state index contributed by atoms with van der Waals surface area (Å²) in [5.41, 5.74) is 0.387. The molecule has 0 spiro atoms. The molecule has 1 heterocycles. The van der Waals surface area contributed by atoms with Crippen LogP contribution in [0.5, 0.6) is 0 Å². The molecule has 6 heteroatoms. The summed E-state index contributed by atoms with van der Waals surface area (Å²) in [7, 11) is 0. The molecule has 0 amide bonds. The highest BCUT2D eigenvalue weighted by atomic mass is 16.6. The highest BCUT2D eigenvalue weighted by Crippen LogP contribution is 2.28. The van der Waals surface area contributed by atoms with Crippen molar-refractivity contribution < 1.29 is 9.34 Å². The molecule has 0 unspecified atom stereocenters. The van der Waals surface area contributed by atoms with Crippen LogP contribution in [-0.2, 0) is 0 Å². The number of aromatic nitrogens is 1. The van der Waals surface area contributed by atoms with Crippen LogP contribution in [-0.4, -0.2) is 9.91 Å². The Hall–Kier alpha value is -2.42. The predicted molar refractivity (Wildman–Crippen MR) is 50.1 cm³/mol. The minimum Gasteiger partial charge on any atom is -0.439 e. The second-order valence-electron chi connectivity index (χ2n) is 2.91. The number of fused-ring (bicyclic) bond motifs is 1. The number of hydrogen-bond donors (Lipinski definition) is 0. The van der Waals surface area contributed by atoms with Crippen LogP contribution in [0.1, 0.15) is 11.5 Å². The second kappa shape index (κ2) is 3.06. The molecule has 1 aromatic heterocycles. The van der Waals surface area contributed by atoms with E-state index in [1.165, 1.54) is 12.1 Å². The zero-order chi connectivity index (χ0) is 11.0. The number of oxazole rings is 1. The lowest BCUT2D eigenvalue weighted by molar-refractivity contribution is -0.383. The molecule has 1 aromatic carbocycles. The first-order valence-electron chi connectivity index (χ1n) is 4.08. The molecule has 0 aliphatic carbocycles. The smallest absolute Gasteiger partial charge is 0.298 e. The summed E-state index contributed by atoms with van der Waals surface area (Å²) in [6, 6.07) is 4.50. The van der Waals surface area contributed by atoms with Gasteiger partial charge in [0.2, 0.25) is 0 Å². The fourth-order valence-electron chi connectivity index (χ4n) is 1.34. The SMILES string of the molecule is Cc1nc2c([N+](=O)[O-])ccc(C#N)c2o1. The molecule has 0 saturated carbocycles. The molecule has 0 saturated heterocycles. The Bertz CT molecular complexity index is 594. The van der Waals surface area contributed by atoms with Gasteiger partial charge < -0.3 is 4.42 Å². The maximum atomic E-state index is 10.7. The van der Waals surface area contributed by atoms with Crippen LogP contribution in [0.2, 0.25) is 0 Å². The van der Waals surface area contributed by atoms with Gasteiger partial charge in [-0.1, -0.05) is 0 Å². The minimum atomic E-state index is -0.550. The van der Waals surface area contributed by atoms with Crippen LogP contribution in [0.4, 0.5) is 5.69 Å². The minimum absolute atomic E-state index is 0.122. The molecule has 6 nitrogen and oxygen atoms in total. The standard InChI is InChI=1S/C9H5N3O3/c1-5-11-8-7(12(13)14)3-2-6(4-10)9(8)15-5/h2-3H,1H3. The van der Waals surface area contributed by atoms with Crippen molar-refractivity contribution in [2.45, 2.75) is 6.92 Å². The summed E-state index contributed by atoms with van der Waals surface area (Å²) < 4.78 is 5.14. The summed E-state index contributed by atoms with van der Waals surface area (Å²) in [6.07, 6.45) is 0. The van der Waals surface area contributed by atoms with Crippen molar-refractivity contribution in [3.05, 3.63) is 33.7 Å². The van der Waals surface area contributed by atoms with E-state index in [1.807, 2.05) is 6.07 Å². The molecule has 0 radical (unpaired) electrons. The van der Waals surface area contributed by atoms with E-state index in [-0.39, 0.29) is 22.4 Å². The molecular formula is C9H5N3O3. The van der Waals surface area contributed by atoms with Crippen LogP contribution < -0.4 is 0 Å². The van der Waals surface area contributed by atoms with Gasteiger partial charge in [0, 0.05) is 13.0 Å². The molecule has 0 aliphatic rings. The normalized spacial score (nSPS) is 10.1. The summed E-state index contributed by atoms with van der Waals surface area (Å²) in [5.74, 6) is 0.302. The fourth-order valence-corrected chi connectivity index (χ4v) is 1.34. The number of rotatable bonds is 1. The summed E-state index contributed by atoms with van der Waals surface area (Å²) in [5, 5.41) is 19.4. The molecule has 0 fully saturated rings. The number of nitriles is 1. The highest BCUT2D eigenvalue weighted by Gasteiger charge is 2.19. The Morgan fingerprint density at radius 3 is 2.93 bits per heavy atom. The Morgan fingerprint density at radius 2 is 2.33 bits per heavy atom. The van der Waals surface area contributed by atoms with Gasteiger partial charge in [0.1, 0.15) is 6.07 Å². The zero-order valence-electron chi connectivity index (χ0n) is 7.72. The first-order valence-corrected chi connectivity index (χ1v) is 4.08. The Balaban J connectivity index is 2.90. The van der Waals surface area contributed by atoms with Crippen LogP contribution in [0, 0.1) is 28.4 Å². The third-order valence-corrected chi connectivity index (χ3v) is 1.95. The summed E-state index contributed by atoms with van der Waals surface area (Å²) in [4.78, 5) is 14.0. The second-order valence-corrected chi connectivity index (χ2v) is 2.91. The number of benzene rings is 1. The monoisotopic (exact) mass is 203 g/mol. The van der Waals surface area contributed by atoms with Crippen molar-refractivity contribution in [2.75, 3.05) is 0 Å². The van der Waals surface area contributed by atoms with Crippen molar-refractivity contribution in [3.63, 3.8) is 0 Å². The average molecular weight is 203 g/mol. The van der Waals surface area contributed by atoms with Gasteiger partial charge in [0.25, 0.3) is 5.69 Å². The molecule has 15 heavy (non-hydrogen) atoms. The Kier molecular flexibility index (Phi) is 1.87. The lowest BCUT2D eigenvalue weighted by Gasteiger charge is -1.92. The quantitative estimate of drug-likeness (QED) is 0.521. The first-order chi connectivity index (χ1) is 7.13. The van der Waals surface area contributed by atoms with Gasteiger partial charge in [-0.15, -0.1) is 0 Å². The molecule has 2 rings (SSSR count). The third-order valence-electron chi connectivity index (χ3n) is 1.95. The lowest BCUT2D eigenvalue weighted by Crippen LogP contribution is -1.90. The number of nitro benzene ring substituents is 1. The maximum Gasteiger partial charge on any atom is 0.298 e. The van der Waals surface area contributed by atoms with Gasteiger partial charge in [0.05, 0.1) is 10.5 Å². The van der Waals surface area contributed by atoms with Crippen molar-refractivity contribution in [3.8, 4) is 6.07 Å². The molecule has 2 aromatic rings. The van der Waals surface area contributed by atoms with Crippen LogP contribution in [0.15, 0.2) is 16.5 Å². The number of aryl methyl sites for hydroxylation is 1. The first kappa shape index (κ1) is 9.15. The summed E-state index contributed by atoms with van der Waals surface area (Å²) >= 11 is 0. The molecule has 0 atom stereocenters. The van der Waals surface area contributed by atoms with Gasteiger partial charge in [0.15, 0.2) is 17.0 Å². The Labute approximate surface area is 83.9 Å². The number of nitrogens with zero attached hydrogens (tertiary/aromatic N) is 3. The van der Waals surface area contributed by atoms with Crippen molar-refractivity contribution in [1.29, 1.82) is 5.26 Å². The van der Waals surface area contributed by atoms with Crippen LogP contribution >= 0.6 is 0 Å².